The van der Waals surface area contributed by atoms with Crippen LogP contribution in [0.25, 0.3) is 5.69 Å². The molecule has 1 heterocycles. The second kappa shape index (κ2) is 4.62. The first-order chi connectivity index (χ1) is 8.42. The predicted octanol–water partition coefficient (Wildman–Crippen LogP) is 3.08. The van der Waals surface area contributed by atoms with E-state index in [1.807, 2.05) is 16.9 Å². The van der Waals surface area contributed by atoms with Crippen molar-refractivity contribution in [2.24, 2.45) is 5.92 Å². The Hall–Kier alpha value is -1.77. The molecule has 1 N–H and O–H groups in total. The van der Waals surface area contributed by atoms with Crippen LogP contribution in [0.2, 0.25) is 0 Å². The van der Waals surface area contributed by atoms with E-state index in [0.29, 0.717) is 0 Å². The van der Waals surface area contributed by atoms with Gasteiger partial charge in [-0.25, -0.2) is 4.68 Å². The van der Waals surface area contributed by atoms with E-state index in [2.05, 4.69) is 34.7 Å². The highest BCUT2D eigenvalue weighted by Crippen LogP contribution is 2.26. The highest BCUT2D eigenvalue weighted by atomic mass is 15.3. The first-order valence-electron chi connectivity index (χ1n) is 6.26. The third-order valence-corrected chi connectivity index (χ3v) is 3.43. The van der Waals surface area contributed by atoms with Gasteiger partial charge in [0.05, 0.1) is 5.69 Å². The molecule has 0 radical (unpaired) electrons. The van der Waals surface area contributed by atoms with Crippen molar-refractivity contribution < 1.29 is 0 Å². The lowest BCUT2D eigenvalue weighted by atomic mass is 9.85. The third kappa shape index (κ3) is 2.33. The minimum atomic E-state index is 0.878. The van der Waals surface area contributed by atoms with Crippen molar-refractivity contribution in [2.45, 2.75) is 19.3 Å². The van der Waals surface area contributed by atoms with Crippen LogP contribution in [-0.4, -0.2) is 16.3 Å². The van der Waals surface area contributed by atoms with Crippen LogP contribution in [-0.2, 0) is 0 Å². The van der Waals surface area contributed by atoms with Crippen LogP contribution in [0.4, 0.5) is 5.69 Å². The highest BCUT2D eigenvalue weighted by molar-refractivity contribution is 5.50. The molecule has 1 aliphatic carbocycles. The van der Waals surface area contributed by atoms with Gasteiger partial charge in [0.2, 0.25) is 0 Å². The van der Waals surface area contributed by atoms with E-state index in [1.165, 1.54) is 24.9 Å². The van der Waals surface area contributed by atoms with Crippen molar-refractivity contribution in [2.75, 3.05) is 11.9 Å². The smallest absolute Gasteiger partial charge is 0.0666 e. The van der Waals surface area contributed by atoms with E-state index in [-0.39, 0.29) is 0 Å². The van der Waals surface area contributed by atoms with Gasteiger partial charge >= 0.3 is 0 Å². The van der Waals surface area contributed by atoms with E-state index < -0.39 is 0 Å². The average molecular weight is 227 g/mol. The molecule has 0 unspecified atom stereocenters. The van der Waals surface area contributed by atoms with Crippen molar-refractivity contribution >= 4 is 5.69 Å². The molecule has 3 nitrogen and oxygen atoms in total. The van der Waals surface area contributed by atoms with Crippen molar-refractivity contribution in [3.05, 3.63) is 42.7 Å². The number of anilines is 1. The topological polar surface area (TPSA) is 29.9 Å². The molecule has 17 heavy (non-hydrogen) atoms. The molecular formula is C14H17N3. The van der Waals surface area contributed by atoms with Gasteiger partial charge < -0.3 is 5.32 Å². The molecule has 1 fully saturated rings. The van der Waals surface area contributed by atoms with Crippen molar-refractivity contribution in [1.29, 1.82) is 0 Å². The predicted molar refractivity (Wildman–Crippen MR) is 69.4 cm³/mol. The molecule has 0 bridgehead atoms. The maximum atomic E-state index is 4.24. The zero-order valence-electron chi connectivity index (χ0n) is 9.84. The van der Waals surface area contributed by atoms with Gasteiger partial charge in [0.25, 0.3) is 0 Å². The van der Waals surface area contributed by atoms with E-state index in [1.54, 1.807) is 6.20 Å². The second-order valence-electron chi connectivity index (χ2n) is 4.68. The van der Waals surface area contributed by atoms with Crippen molar-refractivity contribution in [1.82, 2.24) is 9.78 Å². The molecule has 1 aliphatic rings. The Morgan fingerprint density at radius 1 is 1.29 bits per heavy atom. The summed E-state index contributed by atoms with van der Waals surface area (Å²) in [7, 11) is 0. The number of rotatable bonds is 4. The third-order valence-electron chi connectivity index (χ3n) is 3.43. The van der Waals surface area contributed by atoms with E-state index >= 15 is 0 Å². The van der Waals surface area contributed by atoms with Crippen molar-refractivity contribution in [3.8, 4) is 5.69 Å². The normalized spacial score (nSPS) is 15.5. The van der Waals surface area contributed by atoms with Gasteiger partial charge in [-0.05, 0) is 43.0 Å². The molecule has 0 spiro atoms. The van der Waals surface area contributed by atoms with Gasteiger partial charge in [-0.1, -0.05) is 12.5 Å². The molecule has 3 rings (SSSR count). The molecule has 88 valence electrons. The lowest BCUT2D eigenvalue weighted by Gasteiger charge is -2.25. The Morgan fingerprint density at radius 3 is 2.94 bits per heavy atom. The summed E-state index contributed by atoms with van der Waals surface area (Å²) in [6.45, 7) is 1.10. The summed E-state index contributed by atoms with van der Waals surface area (Å²) in [5.41, 5.74) is 2.29. The van der Waals surface area contributed by atoms with Gasteiger partial charge in [-0.2, -0.15) is 5.10 Å². The average Bonchev–Trinajstić information content (AvgIpc) is 2.81. The van der Waals surface area contributed by atoms with Crippen LogP contribution in [0.5, 0.6) is 0 Å². The van der Waals surface area contributed by atoms with Crippen molar-refractivity contribution in [3.63, 3.8) is 0 Å². The molecular weight excluding hydrogens is 210 g/mol. The van der Waals surface area contributed by atoms with Crippen LogP contribution < -0.4 is 5.32 Å². The van der Waals surface area contributed by atoms with Crippen LogP contribution in [0.15, 0.2) is 42.7 Å². The Labute approximate surface area is 101 Å². The molecule has 1 aromatic heterocycles. The van der Waals surface area contributed by atoms with Gasteiger partial charge in [-0.15, -0.1) is 0 Å². The van der Waals surface area contributed by atoms with Gasteiger partial charge in [0.1, 0.15) is 0 Å². The zero-order valence-corrected chi connectivity index (χ0v) is 9.84. The molecule has 0 aliphatic heterocycles. The largest absolute Gasteiger partial charge is 0.385 e. The summed E-state index contributed by atoms with van der Waals surface area (Å²) >= 11 is 0. The van der Waals surface area contributed by atoms with Crippen LogP contribution in [0.1, 0.15) is 19.3 Å². The van der Waals surface area contributed by atoms with Gasteiger partial charge in [0, 0.05) is 24.6 Å². The fourth-order valence-electron chi connectivity index (χ4n) is 2.14. The van der Waals surface area contributed by atoms with Gasteiger partial charge in [-0.3, -0.25) is 0 Å². The fraction of sp³-hybridized carbons (Fsp3) is 0.357. The quantitative estimate of drug-likeness (QED) is 0.869. The Kier molecular flexibility index (Phi) is 2.82. The molecule has 3 heteroatoms. The van der Waals surface area contributed by atoms with Crippen LogP contribution in [0.3, 0.4) is 0 Å². The summed E-state index contributed by atoms with van der Waals surface area (Å²) in [6, 6.07) is 10.3. The number of benzene rings is 1. The Morgan fingerprint density at radius 2 is 2.24 bits per heavy atom. The van der Waals surface area contributed by atoms with E-state index in [0.717, 1.165) is 18.2 Å². The monoisotopic (exact) mass is 227 g/mol. The molecule has 1 saturated carbocycles. The Bertz CT molecular complexity index is 472. The van der Waals surface area contributed by atoms with Crippen LogP contribution >= 0.6 is 0 Å². The molecule has 2 aromatic rings. The van der Waals surface area contributed by atoms with E-state index in [9.17, 15) is 0 Å². The molecule has 0 amide bonds. The second-order valence-corrected chi connectivity index (χ2v) is 4.68. The molecule has 0 atom stereocenters. The zero-order chi connectivity index (χ0) is 11.5. The SMILES string of the molecule is c1cc(NCC2CCC2)cc(-n2cccn2)c1. The maximum Gasteiger partial charge on any atom is 0.0666 e. The molecule has 1 aromatic carbocycles. The summed E-state index contributed by atoms with van der Waals surface area (Å²) in [5, 5.41) is 7.75. The first kappa shape index (κ1) is 10.4. The van der Waals surface area contributed by atoms with Crippen LogP contribution in [0, 0.1) is 5.92 Å². The lowest BCUT2D eigenvalue weighted by Crippen LogP contribution is -2.20. The Balaban J connectivity index is 1.70. The minimum Gasteiger partial charge on any atom is -0.385 e. The summed E-state index contributed by atoms with van der Waals surface area (Å²) in [6.07, 6.45) is 7.93. The number of nitrogens with zero attached hydrogens (tertiary/aromatic N) is 2. The number of hydrogen-bond acceptors (Lipinski definition) is 2. The lowest BCUT2D eigenvalue weighted by molar-refractivity contribution is 0.333. The fourth-order valence-corrected chi connectivity index (χ4v) is 2.14. The van der Waals surface area contributed by atoms with E-state index in [4.69, 9.17) is 0 Å². The number of hydrogen-bond donors (Lipinski definition) is 1. The number of aromatic nitrogens is 2. The highest BCUT2D eigenvalue weighted by Gasteiger charge is 2.16. The summed E-state index contributed by atoms with van der Waals surface area (Å²) in [4.78, 5) is 0. The first-order valence-corrected chi connectivity index (χ1v) is 6.26. The summed E-state index contributed by atoms with van der Waals surface area (Å²) < 4.78 is 1.88. The van der Waals surface area contributed by atoms with Gasteiger partial charge in [0.15, 0.2) is 0 Å². The minimum absolute atomic E-state index is 0.878. The number of nitrogens with one attached hydrogen (secondary N) is 1. The molecule has 0 saturated heterocycles. The maximum absolute atomic E-state index is 4.24. The summed E-state index contributed by atoms with van der Waals surface area (Å²) in [5.74, 6) is 0.878. The standard InChI is InChI=1S/C14H17N3/c1-4-12(5-1)11-15-13-6-2-7-14(10-13)17-9-3-8-16-17/h2-3,6-10,12,15H,1,4-5,11H2.